The van der Waals surface area contributed by atoms with E-state index in [9.17, 15) is 15.8 Å². The SMILES string of the molecule is N#Cc1ccc(-c2c3nc(c(-c4ccc(C#N)cc4)c4[nH]c(c(-c5ccc(C#N)cc5)c5nc(cc6[nH]c2c(-c2ccccc2)c6-c2ccccc2)C(c2ccccc2)=C5c2ccccc2)c(-c2ccccc2)c4-c2ccccc2)C(c2ccccc2)=C3c2ccccc2)cc1. The molecule has 0 spiro atoms. The fourth-order valence-electron chi connectivity index (χ4n) is 13.9. The van der Waals surface area contributed by atoms with Gasteiger partial charge in [-0.3, -0.25) is 0 Å². The first-order chi connectivity index (χ1) is 47.5. The van der Waals surface area contributed by atoms with Crippen molar-refractivity contribution in [3.63, 3.8) is 0 Å². The lowest BCUT2D eigenvalue weighted by Gasteiger charge is -2.15. The maximum atomic E-state index is 10.6. The summed E-state index contributed by atoms with van der Waals surface area (Å²) in [6, 6.07) is 118. The van der Waals surface area contributed by atoms with Crippen molar-refractivity contribution in [2.24, 2.45) is 0 Å². The number of nitrogens with one attached hydrogen (secondary N) is 2. The minimum atomic E-state index is 0.507. The third kappa shape index (κ3) is 10.3. The quantitative estimate of drug-likeness (QED) is 0.133. The molecular formula is C89H55N7. The molecular weight excluding hydrogens is 1170 g/mol. The number of fused-ring (bicyclic) bond motifs is 8. The molecule has 0 radical (unpaired) electrons. The molecule has 14 aromatic rings. The van der Waals surface area contributed by atoms with Gasteiger partial charge in [-0.15, -0.1) is 0 Å². The summed E-state index contributed by atoms with van der Waals surface area (Å²) in [5, 5.41) is 31.7. The molecule has 0 fully saturated rings. The summed E-state index contributed by atoms with van der Waals surface area (Å²) in [6.45, 7) is 0. The molecule has 5 heterocycles. The van der Waals surface area contributed by atoms with E-state index in [4.69, 9.17) is 9.97 Å². The number of aromatic nitrogens is 4. The van der Waals surface area contributed by atoms with Crippen LogP contribution in [0.25, 0.3) is 122 Å². The normalized spacial score (nSPS) is 11.8. The number of aromatic amines is 2. The predicted molar refractivity (Wildman–Crippen MR) is 389 cm³/mol. The van der Waals surface area contributed by atoms with Gasteiger partial charge in [0.2, 0.25) is 0 Å². The Hall–Kier alpha value is -13.5. The van der Waals surface area contributed by atoms with Gasteiger partial charge in [0.1, 0.15) is 0 Å². The average Bonchev–Trinajstić information content (AvgIpc) is 1.56. The second-order valence-electron chi connectivity index (χ2n) is 23.7. The standard InChI is InChI=1S/C89H55N7/c90-54-57-41-47-68(48-42-57)81-84-75(62-29-13-3-14-30-62)73(60-25-9-1-10-26-60)71(93-84)53-72-74(61-27-11-2-12-28-61)76(63-31-15-4-16-32-63)85(94-72)82(69-49-43-58(55-91)44-50-69)87-78(65-35-19-6-20-36-65)80(67-39-23-8-24-40-67)89(96-87)83(70-51-45-59(56-92)46-52-70)88-79(66-37-21-7-22-38-66)77(86(81)95-88)64-33-17-5-18-34-64/h1-53,93,96H. The van der Waals surface area contributed by atoms with Crippen molar-refractivity contribution in [2.75, 3.05) is 0 Å². The van der Waals surface area contributed by atoms with Crippen molar-refractivity contribution < 1.29 is 0 Å². The molecule has 7 heteroatoms. The highest BCUT2D eigenvalue weighted by molar-refractivity contribution is 6.20. The van der Waals surface area contributed by atoms with E-state index in [-0.39, 0.29) is 0 Å². The molecule has 96 heavy (non-hydrogen) atoms. The lowest BCUT2D eigenvalue weighted by molar-refractivity contribution is 1.29. The Morgan fingerprint density at radius 2 is 0.458 bits per heavy atom. The summed E-state index contributed by atoms with van der Waals surface area (Å²) in [6.07, 6.45) is 0. The Labute approximate surface area is 556 Å². The Kier molecular flexibility index (Phi) is 15.0. The van der Waals surface area contributed by atoms with E-state index in [1.165, 1.54) is 0 Å². The van der Waals surface area contributed by atoms with Gasteiger partial charge in [-0.25, -0.2) is 9.97 Å². The topological polar surface area (TPSA) is 129 Å². The lowest BCUT2D eigenvalue weighted by atomic mass is 9.86. The first-order valence-corrected chi connectivity index (χ1v) is 31.9. The molecule has 0 amide bonds. The van der Waals surface area contributed by atoms with Gasteiger partial charge in [-0.2, -0.15) is 15.8 Å². The van der Waals surface area contributed by atoms with Crippen molar-refractivity contribution in [3.8, 4) is 96.1 Å². The number of H-pyrrole nitrogens is 2. The Bertz CT molecular complexity index is 5630. The maximum absolute atomic E-state index is 10.6. The van der Waals surface area contributed by atoms with Crippen LogP contribution in [-0.2, 0) is 0 Å². The fraction of sp³-hybridized carbons (Fsp3) is 0. The van der Waals surface area contributed by atoms with E-state index in [2.05, 4.69) is 247 Å². The molecule has 0 atom stereocenters. The number of nitrogens with zero attached hydrogens (tertiary/aromatic N) is 5. The molecule has 0 saturated heterocycles. The molecule has 2 aliphatic rings. The van der Waals surface area contributed by atoms with Crippen LogP contribution in [0.2, 0.25) is 0 Å². The first-order valence-electron chi connectivity index (χ1n) is 31.9. The summed E-state index contributed by atoms with van der Waals surface area (Å²) < 4.78 is 0. The van der Waals surface area contributed by atoms with Crippen molar-refractivity contribution in [2.45, 2.75) is 0 Å². The molecule has 7 nitrogen and oxygen atoms in total. The summed E-state index contributed by atoms with van der Waals surface area (Å²) in [4.78, 5) is 21.1. The summed E-state index contributed by atoms with van der Waals surface area (Å²) in [7, 11) is 0. The lowest BCUT2D eigenvalue weighted by Crippen LogP contribution is -1.95. The number of nitriles is 3. The number of rotatable bonds is 11. The number of benzene rings is 11. The molecule has 446 valence electrons. The third-order valence-corrected chi connectivity index (χ3v) is 18.1. The van der Waals surface area contributed by atoms with Crippen LogP contribution in [0.5, 0.6) is 0 Å². The largest absolute Gasteiger partial charge is 0.354 e. The van der Waals surface area contributed by atoms with E-state index in [1.807, 2.05) is 103 Å². The molecule has 0 aliphatic carbocycles. The Morgan fingerprint density at radius 1 is 0.219 bits per heavy atom. The van der Waals surface area contributed by atoms with Crippen LogP contribution in [0.1, 0.15) is 61.7 Å². The van der Waals surface area contributed by atoms with Gasteiger partial charge in [-0.1, -0.05) is 279 Å². The highest BCUT2D eigenvalue weighted by Crippen LogP contribution is 2.54. The van der Waals surface area contributed by atoms with Crippen LogP contribution >= 0.6 is 0 Å². The van der Waals surface area contributed by atoms with E-state index in [1.54, 1.807) is 0 Å². The summed E-state index contributed by atoms with van der Waals surface area (Å²) in [5.41, 5.74) is 27.2. The van der Waals surface area contributed by atoms with Gasteiger partial charge in [0.15, 0.2) is 0 Å². The predicted octanol–water partition coefficient (Wildman–Crippen LogP) is 21.6. The van der Waals surface area contributed by atoms with Crippen molar-refractivity contribution in [3.05, 3.63) is 383 Å². The fourth-order valence-corrected chi connectivity index (χ4v) is 13.9. The zero-order chi connectivity index (χ0) is 64.5. The van der Waals surface area contributed by atoms with E-state index < -0.39 is 0 Å². The number of hydrogen-bond acceptors (Lipinski definition) is 5. The summed E-state index contributed by atoms with van der Waals surface area (Å²) >= 11 is 0. The van der Waals surface area contributed by atoms with E-state index in [0.717, 1.165) is 145 Å². The van der Waals surface area contributed by atoms with Crippen LogP contribution in [0.15, 0.2) is 322 Å². The van der Waals surface area contributed by atoms with Gasteiger partial charge in [-0.05, 0) is 104 Å². The molecule has 16 rings (SSSR count). The van der Waals surface area contributed by atoms with Crippen LogP contribution in [0, 0.1) is 34.0 Å². The third-order valence-electron chi connectivity index (χ3n) is 18.1. The molecule has 2 aliphatic heterocycles. The van der Waals surface area contributed by atoms with Crippen molar-refractivity contribution >= 4 is 44.4 Å². The second-order valence-corrected chi connectivity index (χ2v) is 23.7. The molecule has 0 unspecified atom stereocenters. The van der Waals surface area contributed by atoms with Crippen LogP contribution in [-0.4, -0.2) is 19.9 Å². The maximum Gasteiger partial charge on any atom is 0.0991 e. The highest BCUT2D eigenvalue weighted by Gasteiger charge is 2.35. The van der Waals surface area contributed by atoms with E-state index in [0.29, 0.717) is 39.5 Å². The van der Waals surface area contributed by atoms with Gasteiger partial charge >= 0.3 is 0 Å². The van der Waals surface area contributed by atoms with Crippen molar-refractivity contribution in [1.29, 1.82) is 15.8 Å². The zero-order valence-electron chi connectivity index (χ0n) is 51.8. The smallest absolute Gasteiger partial charge is 0.0991 e. The van der Waals surface area contributed by atoms with Gasteiger partial charge in [0, 0.05) is 66.8 Å². The minimum absolute atomic E-state index is 0.507. The molecule has 11 aromatic carbocycles. The molecule has 3 aromatic heterocycles. The Morgan fingerprint density at radius 3 is 0.771 bits per heavy atom. The average molecular weight is 1220 g/mol. The van der Waals surface area contributed by atoms with Gasteiger partial charge in [0.05, 0.1) is 74.2 Å². The minimum Gasteiger partial charge on any atom is -0.354 e. The van der Waals surface area contributed by atoms with E-state index >= 15 is 0 Å². The number of hydrogen-bond donors (Lipinski definition) is 2. The molecule has 0 saturated carbocycles. The summed E-state index contributed by atoms with van der Waals surface area (Å²) in [5.74, 6) is 0. The molecule has 2 N–H and O–H groups in total. The highest BCUT2D eigenvalue weighted by atomic mass is 14.8. The van der Waals surface area contributed by atoms with Gasteiger partial charge < -0.3 is 9.97 Å². The van der Waals surface area contributed by atoms with Gasteiger partial charge in [0.25, 0.3) is 0 Å². The zero-order valence-corrected chi connectivity index (χ0v) is 51.8. The first kappa shape index (κ1) is 57.6. The Balaban J connectivity index is 1.29. The van der Waals surface area contributed by atoms with Crippen LogP contribution in [0.4, 0.5) is 0 Å². The monoisotopic (exact) mass is 1220 g/mol. The van der Waals surface area contributed by atoms with Crippen LogP contribution < -0.4 is 0 Å². The van der Waals surface area contributed by atoms with Crippen LogP contribution in [0.3, 0.4) is 0 Å². The van der Waals surface area contributed by atoms with Crippen molar-refractivity contribution in [1.82, 2.24) is 19.9 Å². The second kappa shape index (κ2) is 24.9. The molecule has 8 bridgehead atoms.